The molecule has 1 aromatic carbocycles. The first-order chi connectivity index (χ1) is 9.80. The van der Waals surface area contributed by atoms with Gasteiger partial charge in [0.05, 0.1) is 10.4 Å². The molecule has 0 radical (unpaired) electrons. The summed E-state index contributed by atoms with van der Waals surface area (Å²) in [5.74, 6) is 2.42. The molecule has 1 aromatic heterocycles. The van der Waals surface area contributed by atoms with Gasteiger partial charge in [0.15, 0.2) is 0 Å². The highest BCUT2D eigenvalue weighted by molar-refractivity contribution is 8.18. The van der Waals surface area contributed by atoms with Gasteiger partial charge in [-0.25, -0.2) is 4.98 Å². The molecule has 1 aliphatic heterocycles. The zero-order valence-corrected chi connectivity index (χ0v) is 13.6. The summed E-state index contributed by atoms with van der Waals surface area (Å²) in [5, 5.41) is 0.889. The molecule has 0 unspecified atom stereocenters. The quantitative estimate of drug-likeness (QED) is 0.815. The Morgan fingerprint density at radius 3 is 2.75 bits per heavy atom. The Balaban J connectivity index is 1.86. The zero-order valence-electron chi connectivity index (χ0n) is 11.2. The van der Waals surface area contributed by atoms with Crippen molar-refractivity contribution < 1.29 is 0 Å². The summed E-state index contributed by atoms with van der Waals surface area (Å²) in [7, 11) is 0. The summed E-state index contributed by atoms with van der Waals surface area (Å²) in [6.07, 6.45) is 8.11. The summed E-state index contributed by atoms with van der Waals surface area (Å²) >= 11 is 10.6. The second kappa shape index (κ2) is 6.46. The number of benzene rings is 1. The molecule has 0 N–H and O–H groups in total. The largest absolute Gasteiger partial charge is 0.337 e. The first kappa shape index (κ1) is 14.4. The van der Waals surface area contributed by atoms with Crippen molar-refractivity contribution in [2.45, 2.75) is 23.5 Å². The van der Waals surface area contributed by atoms with Crippen LogP contribution < -0.4 is 0 Å². The van der Waals surface area contributed by atoms with Crippen LogP contribution in [-0.2, 0) is 10.6 Å². The number of hydrogen-bond acceptors (Lipinski definition) is 3. The molecular weight excluding hydrogens is 308 g/mol. The van der Waals surface area contributed by atoms with Crippen molar-refractivity contribution in [2.24, 2.45) is 0 Å². The number of aromatic nitrogens is 2. The maximum absolute atomic E-state index is 6.46. The topological polar surface area (TPSA) is 17.8 Å². The molecule has 0 aliphatic carbocycles. The van der Waals surface area contributed by atoms with Crippen LogP contribution in [0.4, 0.5) is 0 Å². The van der Waals surface area contributed by atoms with Crippen LogP contribution in [0.1, 0.15) is 18.4 Å². The van der Waals surface area contributed by atoms with Crippen LogP contribution in [0.15, 0.2) is 43.0 Å². The SMILES string of the molecule is Clc1ccccc1C1(CCn2ccnc2)SCCCS1. The predicted octanol–water partition coefficient (Wildman–Crippen LogP) is 4.65. The Kier molecular flexibility index (Phi) is 4.64. The third kappa shape index (κ3) is 3.02. The molecule has 0 spiro atoms. The van der Waals surface area contributed by atoms with Gasteiger partial charge < -0.3 is 4.57 Å². The minimum absolute atomic E-state index is 0.0842. The fraction of sp³-hybridized carbons (Fsp3) is 0.400. The number of halogens is 1. The molecule has 1 fully saturated rings. The molecule has 20 heavy (non-hydrogen) atoms. The van der Waals surface area contributed by atoms with Gasteiger partial charge in [-0.1, -0.05) is 29.8 Å². The fourth-order valence-electron chi connectivity index (χ4n) is 2.47. The van der Waals surface area contributed by atoms with Crippen molar-refractivity contribution in [3.63, 3.8) is 0 Å². The van der Waals surface area contributed by atoms with Crippen molar-refractivity contribution in [1.82, 2.24) is 9.55 Å². The second-order valence-electron chi connectivity index (χ2n) is 4.83. The van der Waals surface area contributed by atoms with E-state index in [4.69, 9.17) is 11.6 Å². The summed E-state index contributed by atoms with van der Waals surface area (Å²) in [4.78, 5) is 4.12. The van der Waals surface area contributed by atoms with E-state index >= 15 is 0 Å². The van der Waals surface area contributed by atoms with Crippen molar-refractivity contribution >= 4 is 35.1 Å². The van der Waals surface area contributed by atoms with Crippen LogP contribution in [0.3, 0.4) is 0 Å². The molecular formula is C15H17ClN2S2. The Hall–Kier alpha value is -0.580. The van der Waals surface area contributed by atoms with Gasteiger partial charge in [-0.2, -0.15) is 0 Å². The number of hydrogen-bond donors (Lipinski definition) is 0. The van der Waals surface area contributed by atoms with E-state index in [9.17, 15) is 0 Å². The Labute approximate surface area is 133 Å². The van der Waals surface area contributed by atoms with Crippen LogP contribution >= 0.6 is 35.1 Å². The van der Waals surface area contributed by atoms with Gasteiger partial charge >= 0.3 is 0 Å². The molecule has 1 saturated heterocycles. The van der Waals surface area contributed by atoms with E-state index in [0.717, 1.165) is 18.0 Å². The highest BCUT2D eigenvalue weighted by Gasteiger charge is 2.36. The maximum atomic E-state index is 6.46. The van der Waals surface area contributed by atoms with Gasteiger partial charge in [-0.05, 0) is 36.0 Å². The Bertz CT molecular complexity index is 551. The molecule has 0 bridgehead atoms. The minimum atomic E-state index is 0.0842. The summed E-state index contributed by atoms with van der Waals surface area (Å²) in [5.41, 5.74) is 1.27. The first-order valence-corrected chi connectivity index (χ1v) is 9.14. The lowest BCUT2D eigenvalue weighted by molar-refractivity contribution is 0.610. The highest BCUT2D eigenvalue weighted by atomic mass is 35.5. The van der Waals surface area contributed by atoms with Gasteiger partial charge in [0.1, 0.15) is 0 Å². The Morgan fingerprint density at radius 1 is 1.25 bits per heavy atom. The van der Waals surface area contributed by atoms with Gasteiger partial charge in [0.25, 0.3) is 0 Å². The third-order valence-electron chi connectivity index (χ3n) is 3.50. The average Bonchev–Trinajstić information content (AvgIpc) is 3.00. The van der Waals surface area contributed by atoms with Gasteiger partial charge in [-0.15, -0.1) is 23.5 Å². The number of nitrogens with zero attached hydrogens (tertiary/aromatic N) is 2. The second-order valence-corrected chi connectivity index (χ2v) is 8.29. The fourth-order valence-corrected chi connectivity index (χ4v) is 6.27. The molecule has 0 saturated carbocycles. The van der Waals surface area contributed by atoms with Gasteiger partial charge in [0.2, 0.25) is 0 Å². The van der Waals surface area contributed by atoms with Crippen molar-refractivity contribution in [2.75, 3.05) is 11.5 Å². The summed E-state index contributed by atoms with van der Waals surface area (Å²) < 4.78 is 2.23. The molecule has 5 heteroatoms. The average molecular weight is 325 g/mol. The molecule has 0 atom stereocenters. The molecule has 3 rings (SSSR count). The van der Waals surface area contributed by atoms with Crippen LogP contribution in [0.25, 0.3) is 0 Å². The lowest BCUT2D eigenvalue weighted by Crippen LogP contribution is -2.25. The van der Waals surface area contributed by atoms with Crippen LogP contribution in [-0.4, -0.2) is 21.1 Å². The Morgan fingerprint density at radius 2 is 2.05 bits per heavy atom. The molecule has 2 heterocycles. The third-order valence-corrected chi connectivity index (χ3v) is 7.30. The highest BCUT2D eigenvalue weighted by Crippen LogP contribution is 2.54. The number of aryl methyl sites for hydroxylation is 1. The molecule has 2 nitrogen and oxygen atoms in total. The van der Waals surface area contributed by atoms with E-state index in [0.29, 0.717) is 0 Å². The minimum Gasteiger partial charge on any atom is -0.337 e. The normalized spacial score (nSPS) is 18.1. The van der Waals surface area contributed by atoms with Crippen molar-refractivity contribution in [3.05, 3.63) is 53.6 Å². The van der Waals surface area contributed by atoms with E-state index in [1.54, 1.807) is 0 Å². The summed E-state index contributed by atoms with van der Waals surface area (Å²) in [6.45, 7) is 0.977. The zero-order chi connectivity index (χ0) is 13.8. The van der Waals surface area contributed by atoms with E-state index < -0.39 is 0 Å². The lowest BCUT2D eigenvalue weighted by atomic mass is 10.1. The van der Waals surface area contributed by atoms with Crippen molar-refractivity contribution in [1.29, 1.82) is 0 Å². The number of thioether (sulfide) groups is 2. The van der Waals surface area contributed by atoms with E-state index in [-0.39, 0.29) is 4.08 Å². The monoisotopic (exact) mass is 324 g/mol. The predicted molar refractivity (Wildman–Crippen MR) is 89.5 cm³/mol. The number of rotatable bonds is 4. The first-order valence-electron chi connectivity index (χ1n) is 6.79. The molecule has 1 aliphatic rings. The van der Waals surface area contributed by atoms with E-state index in [1.165, 1.54) is 23.5 Å². The maximum Gasteiger partial charge on any atom is 0.0945 e. The van der Waals surface area contributed by atoms with E-state index in [1.807, 2.05) is 54.4 Å². The molecule has 2 aromatic rings. The molecule has 0 amide bonds. The smallest absolute Gasteiger partial charge is 0.0945 e. The van der Waals surface area contributed by atoms with Crippen LogP contribution in [0.5, 0.6) is 0 Å². The van der Waals surface area contributed by atoms with Crippen LogP contribution in [0.2, 0.25) is 5.02 Å². The number of imidazole rings is 1. The standard InChI is InChI=1S/C15H17ClN2S2/c16-14-5-2-1-4-13(14)15(19-10-3-11-20-15)6-8-18-9-7-17-12-18/h1-2,4-5,7,9,12H,3,6,8,10-11H2. The van der Waals surface area contributed by atoms with E-state index in [2.05, 4.69) is 21.7 Å². The van der Waals surface area contributed by atoms with Crippen LogP contribution in [0, 0.1) is 0 Å². The van der Waals surface area contributed by atoms with Gasteiger partial charge in [0, 0.05) is 24.0 Å². The summed E-state index contributed by atoms with van der Waals surface area (Å²) in [6, 6.07) is 8.29. The molecule has 106 valence electrons. The van der Waals surface area contributed by atoms with Crippen molar-refractivity contribution in [3.8, 4) is 0 Å². The van der Waals surface area contributed by atoms with Gasteiger partial charge in [-0.3, -0.25) is 0 Å². The lowest BCUT2D eigenvalue weighted by Gasteiger charge is -2.37.